The lowest BCUT2D eigenvalue weighted by molar-refractivity contribution is -0.139. The number of para-hydroxylation sites is 1. The topological polar surface area (TPSA) is 59.6 Å². The van der Waals surface area contributed by atoms with Gasteiger partial charge in [0, 0.05) is 13.1 Å². The Morgan fingerprint density at radius 1 is 1.39 bits per heavy atom. The van der Waals surface area contributed by atoms with E-state index < -0.39 is 17.8 Å². The van der Waals surface area contributed by atoms with Crippen molar-refractivity contribution in [2.45, 2.75) is 12.3 Å². The minimum Gasteiger partial charge on any atom is -0.491 e. The zero-order valence-electron chi connectivity index (χ0n) is 12.2. The first-order valence-corrected chi connectivity index (χ1v) is 6.87. The zero-order valence-corrected chi connectivity index (χ0v) is 13.0. The lowest BCUT2D eigenvalue weighted by atomic mass is 10.2. The Kier molecular flexibility index (Phi) is 7.60. The molecule has 9 heteroatoms. The van der Waals surface area contributed by atoms with Gasteiger partial charge in [0.15, 0.2) is 0 Å². The van der Waals surface area contributed by atoms with Crippen molar-refractivity contribution in [1.82, 2.24) is 10.6 Å². The molecule has 1 fully saturated rings. The maximum Gasteiger partial charge on any atom is 0.419 e. The number of carbonyl (C=O) groups excluding carboxylic acids is 1. The third kappa shape index (κ3) is 5.89. The van der Waals surface area contributed by atoms with Gasteiger partial charge in [0.1, 0.15) is 18.5 Å². The van der Waals surface area contributed by atoms with Gasteiger partial charge in [-0.2, -0.15) is 13.2 Å². The van der Waals surface area contributed by atoms with Crippen LogP contribution in [0.25, 0.3) is 0 Å². The number of morpholine rings is 1. The van der Waals surface area contributed by atoms with E-state index in [0.29, 0.717) is 19.7 Å². The Bertz CT molecular complexity index is 508. The third-order valence-corrected chi connectivity index (χ3v) is 3.07. The molecule has 23 heavy (non-hydrogen) atoms. The second-order valence-electron chi connectivity index (χ2n) is 4.70. The highest BCUT2D eigenvalue weighted by atomic mass is 35.5. The quantitative estimate of drug-likeness (QED) is 0.789. The van der Waals surface area contributed by atoms with Crippen molar-refractivity contribution in [1.29, 1.82) is 0 Å². The Labute approximate surface area is 137 Å². The maximum atomic E-state index is 12.8. The molecule has 2 N–H and O–H groups in total. The van der Waals surface area contributed by atoms with E-state index in [0.717, 1.165) is 6.07 Å². The fourth-order valence-electron chi connectivity index (χ4n) is 2.01. The van der Waals surface area contributed by atoms with E-state index in [4.69, 9.17) is 9.47 Å². The zero-order chi connectivity index (χ0) is 16.0. The molecule has 0 saturated carbocycles. The van der Waals surface area contributed by atoms with Crippen molar-refractivity contribution in [3.05, 3.63) is 29.8 Å². The summed E-state index contributed by atoms with van der Waals surface area (Å²) in [5.41, 5.74) is -0.832. The van der Waals surface area contributed by atoms with Gasteiger partial charge >= 0.3 is 6.18 Å². The number of halogens is 4. The molecule has 1 unspecified atom stereocenters. The molecule has 1 saturated heterocycles. The van der Waals surface area contributed by atoms with E-state index in [-0.39, 0.29) is 37.2 Å². The summed E-state index contributed by atoms with van der Waals surface area (Å²) in [7, 11) is 0. The van der Waals surface area contributed by atoms with Crippen molar-refractivity contribution >= 4 is 18.3 Å². The number of amides is 1. The molecular formula is C14H18ClF3N2O3. The van der Waals surface area contributed by atoms with E-state index in [1.165, 1.54) is 18.2 Å². The highest BCUT2D eigenvalue weighted by Crippen LogP contribution is 2.35. The molecular weight excluding hydrogens is 337 g/mol. The summed E-state index contributed by atoms with van der Waals surface area (Å²) in [6.07, 6.45) is -5.04. The molecule has 1 amide bonds. The van der Waals surface area contributed by atoms with Crippen molar-refractivity contribution in [2.75, 3.05) is 32.8 Å². The Morgan fingerprint density at radius 2 is 2.13 bits per heavy atom. The molecule has 0 bridgehead atoms. The molecule has 0 aliphatic carbocycles. The van der Waals surface area contributed by atoms with Crippen LogP contribution in [0.3, 0.4) is 0 Å². The first kappa shape index (κ1) is 19.5. The van der Waals surface area contributed by atoms with Gasteiger partial charge in [-0.05, 0) is 12.1 Å². The van der Waals surface area contributed by atoms with Gasteiger partial charge in [0.05, 0.1) is 18.7 Å². The number of carbonyl (C=O) groups is 1. The van der Waals surface area contributed by atoms with Crippen LogP contribution in [0.5, 0.6) is 5.75 Å². The second kappa shape index (κ2) is 8.95. The molecule has 1 aliphatic rings. The van der Waals surface area contributed by atoms with Crippen LogP contribution < -0.4 is 15.4 Å². The summed E-state index contributed by atoms with van der Waals surface area (Å²) in [5, 5.41) is 5.58. The number of rotatable bonds is 5. The van der Waals surface area contributed by atoms with Gasteiger partial charge in [-0.1, -0.05) is 12.1 Å². The van der Waals surface area contributed by atoms with E-state index in [1.54, 1.807) is 0 Å². The molecule has 0 radical (unpaired) electrons. The normalized spacial score (nSPS) is 18.0. The van der Waals surface area contributed by atoms with Crippen LogP contribution in [0.15, 0.2) is 24.3 Å². The first-order valence-electron chi connectivity index (χ1n) is 6.87. The Hall–Kier alpha value is -1.51. The fourth-order valence-corrected chi connectivity index (χ4v) is 2.01. The molecule has 5 nitrogen and oxygen atoms in total. The Morgan fingerprint density at radius 3 is 2.78 bits per heavy atom. The van der Waals surface area contributed by atoms with Crippen molar-refractivity contribution in [3.63, 3.8) is 0 Å². The second-order valence-corrected chi connectivity index (χ2v) is 4.70. The number of ether oxygens (including phenoxy) is 2. The van der Waals surface area contributed by atoms with Crippen LogP contribution in [0.4, 0.5) is 13.2 Å². The number of alkyl halides is 3. The van der Waals surface area contributed by atoms with E-state index in [2.05, 4.69) is 10.6 Å². The fraction of sp³-hybridized carbons (Fsp3) is 0.500. The van der Waals surface area contributed by atoms with Gasteiger partial charge in [0.25, 0.3) is 5.91 Å². The lowest BCUT2D eigenvalue weighted by Gasteiger charge is -2.22. The molecule has 1 heterocycles. The lowest BCUT2D eigenvalue weighted by Crippen LogP contribution is -2.48. The van der Waals surface area contributed by atoms with Crippen molar-refractivity contribution in [2.24, 2.45) is 0 Å². The predicted molar refractivity (Wildman–Crippen MR) is 79.8 cm³/mol. The van der Waals surface area contributed by atoms with Crippen LogP contribution >= 0.6 is 12.4 Å². The molecule has 2 rings (SSSR count). The van der Waals surface area contributed by atoms with E-state index >= 15 is 0 Å². The summed E-state index contributed by atoms with van der Waals surface area (Å²) < 4.78 is 48.6. The molecule has 1 aromatic carbocycles. The smallest absolute Gasteiger partial charge is 0.419 e. The van der Waals surface area contributed by atoms with Crippen LogP contribution in [-0.2, 0) is 15.7 Å². The first-order chi connectivity index (χ1) is 10.5. The van der Waals surface area contributed by atoms with Gasteiger partial charge in [-0.15, -0.1) is 12.4 Å². The minimum absolute atomic E-state index is 0. The van der Waals surface area contributed by atoms with Crippen molar-refractivity contribution < 1.29 is 27.4 Å². The summed E-state index contributed by atoms with van der Waals surface area (Å²) in [4.78, 5) is 11.7. The van der Waals surface area contributed by atoms with Gasteiger partial charge in [-0.3, -0.25) is 4.79 Å². The SMILES string of the molecule is Cl.O=C(NCCOc1ccccc1C(F)(F)F)C1CNCCO1. The molecule has 0 spiro atoms. The predicted octanol–water partition coefficient (Wildman–Crippen LogP) is 1.61. The number of benzene rings is 1. The summed E-state index contributed by atoms with van der Waals surface area (Å²) in [5.74, 6) is -0.556. The number of nitrogens with one attached hydrogen (secondary N) is 2. The molecule has 1 atom stereocenters. The summed E-state index contributed by atoms with van der Waals surface area (Å²) in [6, 6.07) is 4.96. The van der Waals surface area contributed by atoms with Crippen molar-refractivity contribution in [3.8, 4) is 5.75 Å². The number of hydrogen-bond donors (Lipinski definition) is 2. The van der Waals surface area contributed by atoms with E-state index in [9.17, 15) is 18.0 Å². The molecule has 1 aromatic rings. The van der Waals surface area contributed by atoms with Gasteiger partial charge in [0.2, 0.25) is 0 Å². The van der Waals surface area contributed by atoms with Crippen LogP contribution in [-0.4, -0.2) is 44.9 Å². The van der Waals surface area contributed by atoms with Crippen LogP contribution in [0.1, 0.15) is 5.56 Å². The van der Waals surface area contributed by atoms with Gasteiger partial charge < -0.3 is 20.1 Å². The largest absolute Gasteiger partial charge is 0.491 e. The van der Waals surface area contributed by atoms with E-state index in [1.807, 2.05) is 0 Å². The maximum absolute atomic E-state index is 12.8. The monoisotopic (exact) mass is 354 g/mol. The van der Waals surface area contributed by atoms with Gasteiger partial charge in [-0.25, -0.2) is 0 Å². The third-order valence-electron chi connectivity index (χ3n) is 3.07. The highest BCUT2D eigenvalue weighted by Gasteiger charge is 2.34. The van der Waals surface area contributed by atoms with Crippen LogP contribution in [0.2, 0.25) is 0 Å². The minimum atomic E-state index is -4.47. The average molecular weight is 355 g/mol. The highest BCUT2D eigenvalue weighted by molar-refractivity contribution is 5.85. The standard InChI is InChI=1S/C14H17F3N2O3.ClH/c15-14(16,17)10-3-1-2-4-11(10)21-8-6-19-13(20)12-9-18-5-7-22-12;/h1-4,12,18H,5-9H2,(H,19,20);1H. The summed E-state index contributed by atoms with van der Waals surface area (Å²) >= 11 is 0. The summed E-state index contributed by atoms with van der Waals surface area (Å²) in [6.45, 7) is 1.61. The molecule has 130 valence electrons. The van der Waals surface area contributed by atoms with Crippen LogP contribution in [0, 0.1) is 0 Å². The Balaban J connectivity index is 0.00000264. The average Bonchev–Trinajstić information content (AvgIpc) is 2.51. The number of hydrogen-bond acceptors (Lipinski definition) is 4. The molecule has 1 aliphatic heterocycles. The molecule has 0 aromatic heterocycles.